The van der Waals surface area contributed by atoms with Gasteiger partial charge in [-0.2, -0.15) is 0 Å². The molecule has 0 fully saturated rings. The normalized spacial score (nSPS) is 20.4. The van der Waals surface area contributed by atoms with Gasteiger partial charge in [0.25, 0.3) is 5.91 Å². The van der Waals surface area contributed by atoms with Crippen molar-refractivity contribution in [2.75, 3.05) is 12.0 Å². The van der Waals surface area contributed by atoms with Gasteiger partial charge in [0, 0.05) is 19.2 Å². The lowest BCUT2D eigenvalue weighted by Crippen LogP contribution is -2.53. The van der Waals surface area contributed by atoms with Crippen LogP contribution in [-0.2, 0) is 20.7 Å². The Morgan fingerprint density at radius 1 is 1.45 bits per heavy atom. The molecule has 5 nitrogen and oxygen atoms in total. The third-order valence-electron chi connectivity index (χ3n) is 4.06. The lowest BCUT2D eigenvalue weighted by Gasteiger charge is -2.33. The Hall–Kier alpha value is -1.88. The summed E-state index contributed by atoms with van der Waals surface area (Å²) >= 11 is 0. The highest BCUT2D eigenvalue weighted by Crippen LogP contribution is 2.35. The quantitative estimate of drug-likeness (QED) is 0.912. The summed E-state index contributed by atoms with van der Waals surface area (Å²) in [6.07, 6.45) is 0.814. The number of methoxy groups -OCH3 is 1. The van der Waals surface area contributed by atoms with Crippen LogP contribution in [0.5, 0.6) is 0 Å². The molecule has 2 rings (SSSR count). The number of amides is 1. The molecule has 0 aliphatic carbocycles. The number of nitrogens with zero attached hydrogens (tertiary/aromatic N) is 1. The molecular weight excluding hydrogens is 258 g/mol. The zero-order chi connectivity index (χ0) is 14.9. The van der Waals surface area contributed by atoms with Gasteiger partial charge < -0.3 is 9.84 Å². The summed E-state index contributed by atoms with van der Waals surface area (Å²) in [6, 6.07) is 6.43. The topological polar surface area (TPSA) is 66.8 Å². The van der Waals surface area contributed by atoms with E-state index in [0.717, 1.165) is 5.56 Å². The average Bonchev–Trinajstić information content (AvgIpc) is 2.85. The molecule has 1 aliphatic rings. The second-order valence-electron chi connectivity index (χ2n) is 5.15. The molecule has 0 saturated carbocycles. The zero-order valence-electron chi connectivity index (χ0n) is 11.9. The van der Waals surface area contributed by atoms with Crippen LogP contribution in [0.3, 0.4) is 0 Å². The number of hydrogen-bond donors (Lipinski definition) is 1. The van der Waals surface area contributed by atoms with Gasteiger partial charge in [-0.25, -0.2) is 4.79 Å². The van der Waals surface area contributed by atoms with Gasteiger partial charge in [-0.1, -0.05) is 25.1 Å². The van der Waals surface area contributed by atoms with Gasteiger partial charge in [-0.05, 0) is 25.0 Å². The second-order valence-corrected chi connectivity index (χ2v) is 5.15. The number of benzene rings is 1. The molecule has 2 atom stereocenters. The Labute approximate surface area is 118 Å². The van der Waals surface area contributed by atoms with Crippen molar-refractivity contribution in [3.05, 3.63) is 29.8 Å². The van der Waals surface area contributed by atoms with E-state index < -0.39 is 17.6 Å². The summed E-state index contributed by atoms with van der Waals surface area (Å²) < 4.78 is 5.32. The number of carboxylic acid groups (broad SMARTS) is 1. The maximum absolute atomic E-state index is 12.7. The Morgan fingerprint density at radius 2 is 2.10 bits per heavy atom. The van der Waals surface area contributed by atoms with E-state index in [1.165, 1.54) is 12.0 Å². The number of ether oxygens (including phenoxy) is 1. The van der Waals surface area contributed by atoms with E-state index in [4.69, 9.17) is 4.74 Å². The molecule has 0 aromatic heterocycles. The van der Waals surface area contributed by atoms with Crippen LogP contribution in [-0.4, -0.2) is 35.7 Å². The zero-order valence-corrected chi connectivity index (χ0v) is 11.9. The molecule has 0 spiro atoms. The number of carbonyl (C=O) groups excluding carboxylic acids is 1. The van der Waals surface area contributed by atoms with Gasteiger partial charge in [0.1, 0.15) is 11.6 Å². The van der Waals surface area contributed by atoms with Crippen molar-refractivity contribution in [1.29, 1.82) is 0 Å². The summed E-state index contributed by atoms with van der Waals surface area (Å²) in [5.41, 5.74) is 0.537. The highest BCUT2D eigenvalue weighted by molar-refractivity contribution is 6.05. The van der Waals surface area contributed by atoms with Crippen LogP contribution in [0.1, 0.15) is 25.8 Å². The third-order valence-corrected chi connectivity index (χ3v) is 4.06. The molecule has 0 radical (unpaired) electrons. The molecule has 0 bridgehead atoms. The van der Waals surface area contributed by atoms with E-state index in [9.17, 15) is 14.7 Å². The van der Waals surface area contributed by atoms with Crippen molar-refractivity contribution in [2.45, 2.75) is 38.3 Å². The third kappa shape index (κ3) is 2.18. The molecule has 1 heterocycles. The van der Waals surface area contributed by atoms with E-state index >= 15 is 0 Å². The van der Waals surface area contributed by atoms with Crippen LogP contribution >= 0.6 is 0 Å². The van der Waals surface area contributed by atoms with Crippen molar-refractivity contribution in [3.8, 4) is 0 Å². The van der Waals surface area contributed by atoms with Crippen LogP contribution in [0.25, 0.3) is 0 Å². The summed E-state index contributed by atoms with van der Waals surface area (Å²) in [5.74, 6) is -1.30. The number of fused-ring (bicyclic) bond motifs is 1. The van der Waals surface area contributed by atoms with Crippen molar-refractivity contribution in [3.63, 3.8) is 0 Å². The molecule has 5 heteroatoms. The minimum atomic E-state index is -1.01. The molecule has 1 amide bonds. The van der Waals surface area contributed by atoms with Gasteiger partial charge in [0.2, 0.25) is 0 Å². The van der Waals surface area contributed by atoms with Crippen LogP contribution < -0.4 is 4.90 Å². The molecule has 1 aromatic carbocycles. The van der Waals surface area contributed by atoms with Gasteiger partial charge in [-0.3, -0.25) is 9.69 Å². The average molecular weight is 277 g/mol. The van der Waals surface area contributed by atoms with Crippen molar-refractivity contribution in [1.82, 2.24) is 0 Å². The van der Waals surface area contributed by atoms with Crippen molar-refractivity contribution in [2.24, 2.45) is 0 Å². The van der Waals surface area contributed by atoms with E-state index in [1.807, 2.05) is 19.1 Å². The SMILES string of the molecule is CCC(C)(OC)C(=O)N1c2ccccc2C[C@H]1C(=O)O. The van der Waals surface area contributed by atoms with Crippen LogP contribution in [0.15, 0.2) is 24.3 Å². The molecule has 1 N–H and O–H groups in total. The number of para-hydroxylation sites is 1. The molecule has 1 unspecified atom stereocenters. The standard InChI is InChI=1S/C15H19NO4/c1-4-15(2,20-3)14(19)16-11-8-6-5-7-10(11)9-12(16)13(17)18/h5-8,12H,4,9H2,1-3H3,(H,17,18)/t12-,15?/m0/s1. The van der Waals surface area contributed by atoms with Crippen molar-refractivity contribution >= 4 is 17.6 Å². The molecule has 1 aliphatic heterocycles. The number of anilines is 1. The fourth-order valence-corrected chi connectivity index (χ4v) is 2.47. The Balaban J connectivity index is 2.46. The maximum Gasteiger partial charge on any atom is 0.327 e. The summed E-state index contributed by atoms with van der Waals surface area (Å²) in [4.78, 5) is 25.6. The first-order valence-electron chi connectivity index (χ1n) is 6.64. The van der Waals surface area contributed by atoms with Crippen LogP contribution in [0.2, 0.25) is 0 Å². The number of carboxylic acids is 1. The minimum Gasteiger partial charge on any atom is -0.480 e. The van der Waals surface area contributed by atoms with Crippen LogP contribution in [0, 0.1) is 0 Å². The number of hydrogen-bond acceptors (Lipinski definition) is 3. The first-order chi connectivity index (χ1) is 9.44. The molecule has 0 saturated heterocycles. The fourth-order valence-electron chi connectivity index (χ4n) is 2.47. The Morgan fingerprint density at radius 3 is 2.65 bits per heavy atom. The number of carbonyl (C=O) groups is 2. The molecule has 108 valence electrons. The van der Waals surface area contributed by atoms with Crippen LogP contribution in [0.4, 0.5) is 5.69 Å². The fraction of sp³-hybridized carbons (Fsp3) is 0.467. The smallest absolute Gasteiger partial charge is 0.327 e. The predicted octanol–water partition coefficient (Wildman–Crippen LogP) is 1.84. The highest BCUT2D eigenvalue weighted by atomic mass is 16.5. The second kappa shape index (κ2) is 5.25. The Bertz CT molecular complexity index is 536. The molecular formula is C15H19NO4. The number of aliphatic carboxylic acids is 1. The predicted molar refractivity (Wildman–Crippen MR) is 74.8 cm³/mol. The monoisotopic (exact) mass is 277 g/mol. The summed E-state index contributed by atoms with van der Waals surface area (Å²) in [7, 11) is 1.47. The van der Waals surface area contributed by atoms with E-state index in [1.54, 1.807) is 19.1 Å². The van der Waals surface area contributed by atoms with Gasteiger partial charge in [0.15, 0.2) is 0 Å². The maximum atomic E-state index is 12.7. The van der Waals surface area contributed by atoms with Crippen molar-refractivity contribution < 1.29 is 19.4 Å². The lowest BCUT2D eigenvalue weighted by atomic mass is 10.0. The van der Waals surface area contributed by atoms with Gasteiger partial charge in [0.05, 0.1) is 0 Å². The van der Waals surface area contributed by atoms with E-state index in [-0.39, 0.29) is 5.91 Å². The number of rotatable bonds is 4. The van der Waals surface area contributed by atoms with Gasteiger partial charge >= 0.3 is 5.97 Å². The first kappa shape index (κ1) is 14.5. The highest BCUT2D eigenvalue weighted by Gasteiger charge is 2.45. The van der Waals surface area contributed by atoms with E-state index in [2.05, 4.69) is 0 Å². The summed E-state index contributed by atoms with van der Waals surface area (Å²) in [6.45, 7) is 3.54. The van der Waals surface area contributed by atoms with Gasteiger partial charge in [-0.15, -0.1) is 0 Å². The van der Waals surface area contributed by atoms with E-state index in [0.29, 0.717) is 18.5 Å². The molecule has 20 heavy (non-hydrogen) atoms. The minimum absolute atomic E-state index is 0.306. The Kier molecular flexibility index (Phi) is 3.81. The lowest BCUT2D eigenvalue weighted by molar-refractivity contribution is -0.145. The molecule has 1 aromatic rings. The first-order valence-corrected chi connectivity index (χ1v) is 6.64. The summed E-state index contributed by atoms with van der Waals surface area (Å²) in [5, 5.41) is 9.38. The largest absolute Gasteiger partial charge is 0.480 e.